The second kappa shape index (κ2) is 70.4. The third-order valence-electron chi connectivity index (χ3n) is 6.41. The Morgan fingerprint density at radius 1 is 0.312 bits per heavy atom. The molecule has 31 heteroatoms. The summed E-state index contributed by atoms with van der Waals surface area (Å²) in [5.41, 5.74) is -3.43. The predicted octanol–water partition coefficient (Wildman–Crippen LogP) is -2.72. The van der Waals surface area contributed by atoms with Gasteiger partial charge in [-0.3, -0.25) is 0 Å². The van der Waals surface area contributed by atoms with Gasteiger partial charge in [-0.15, -0.1) is 0 Å². The van der Waals surface area contributed by atoms with Crippen molar-refractivity contribution in [2.75, 3.05) is 79.3 Å². The van der Waals surface area contributed by atoms with E-state index in [4.69, 9.17) is 112 Å². The molecule has 0 aliphatic rings. The molecule has 0 rings (SSSR count). The average Bonchev–Trinajstić information content (AvgIpc) is 3.41. The van der Waals surface area contributed by atoms with Gasteiger partial charge < -0.3 is 112 Å². The van der Waals surface area contributed by atoms with Crippen LogP contribution in [0.25, 0.3) is 0 Å². The van der Waals surface area contributed by atoms with Crippen molar-refractivity contribution in [3.05, 3.63) is 114 Å². The SMILES string of the molecule is C=CC(=O)O.C=CC(=O)O.C=CC(=O)O.C=CC(=O)O.C=CC(=O)O.C=CC(=O)O.C=CC(=O)O.C=CC(=O)O.C=CC(=O)O.CCC(C)(O)O.OCC(CO)(CO)CO.OCC(CO)(CO)COCC(CO)(CO)CO. The number of carboxylic acid groups (broad SMARTS) is 9. The Balaban J connectivity index is -0.0000000621. The van der Waals surface area contributed by atoms with Crippen LogP contribution in [0.1, 0.15) is 20.3 Å². The molecule has 0 radical (unpaired) electrons. The van der Waals surface area contributed by atoms with Gasteiger partial charge in [0.1, 0.15) is 0 Å². The van der Waals surface area contributed by atoms with Gasteiger partial charge in [0.2, 0.25) is 0 Å². The van der Waals surface area contributed by atoms with Crippen LogP contribution in [0, 0.1) is 16.2 Å². The Morgan fingerprint density at radius 2 is 0.403 bits per heavy atom. The average molecular weight is 1130 g/mol. The van der Waals surface area contributed by atoms with Crippen LogP contribution in [-0.4, -0.2) is 246 Å². The van der Waals surface area contributed by atoms with Gasteiger partial charge in [-0.25, -0.2) is 43.2 Å². The first-order chi connectivity index (χ1) is 35.3. The molecule has 0 spiro atoms. The van der Waals surface area contributed by atoms with Crippen molar-refractivity contribution in [1.82, 2.24) is 0 Å². The molecule has 0 fully saturated rings. The monoisotopic (exact) mass is 1130 g/mol. The van der Waals surface area contributed by atoms with Crippen molar-refractivity contribution in [1.29, 1.82) is 0 Å². The van der Waals surface area contributed by atoms with Crippen molar-refractivity contribution >= 4 is 53.7 Å². The van der Waals surface area contributed by atoms with Crippen molar-refractivity contribution in [3.8, 4) is 0 Å². The van der Waals surface area contributed by atoms with Gasteiger partial charge in [-0.05, 0) is 13.3 Å². The zero-order chi connectivity index (χ0) is 64.5. The highest BCUT2D eigenvalue weighted by Gasteiger charge is 2.33. The first-order valence-corrected chi connectivity index (χ1v) is 20.1. The van der Waals surface area contributed by atoms with E-state index in [0.29, 0.717) is 6.42 Å². The van der Waals surface area contributed by atoms with E-state index in [0.717, 1.165) is 54.7 Å². The van der Waals surface area contributed by atoms with E-state index < -0.39 is 142 Å². The molecule has 77 heavy (non-hydrogen) atoms. The van der Waals surface area contributed by atoms with Gasteiger partial charge >= 0.3 is 53.7 Å². The number of aliphatic carboxylic acids is 9. The molecule has 0 saturated carbocycles. The lowest BCUT2D eigenvalue weighted by molar-refractivity contribution is -0.146. The van der Waals surface area contributed by atoms with E-state index >= 15 is 0 Å². The maximum absolute atomic E-state index is 9.25. The number of hydrogen-bond donors (Lipinski definition) is 21. The van der Waals surface area contributed by atoms with Gasteiger partial charge in [0.05, 0.1) is 95.5 Å². The maximum Gasteiger partial charge on any atom is 0.327 e. The first-order valence-electron chi connectivity index (χ1n) is 20.1. The van der Waals surface area contributed by atoms with E-state index in [2.05, 4.69) is 59.2 Å². The fraction of sp³-hybridized carbons (Fsp3) is 0.413. The van der Waals surface area contributed by atoms with Crippen LogP contribution in [0.15, 0.2) is 114 Å². The highest BCUT2D eigenvalue weighted by atomic mass is 16.5. The summed E-state index contributed by atoms with van der Waals surface area (Å²) < 4.78 is 5.15. The second-order valence-electron chi connectivity index (χ2n) is 13.0. The Kier molecular flexibility index (Phi) is 90.1. The van der Waals surface area contributed by atoms with E-state index in [-0.39, 0.29) is 13.2 Å². The molecule has 0 aliphatic carbocycles. The summed E-state index contributed by atoms with van der Waals surface area (Å²) in [6.07, 6.45) is 7.88. The zero-order valence-electron chi connectivity index (χ0n) is 42.7. The zero-order valence-corrected chi connectivity index (χ0v) is 42.7. The van der Waals surface area contributed by atoms with Gasteiger partial charge in [0.15, 0.2) is 5.79 Å². The summed E-state index contributed by atoms with van der Waals surface area (Å²) in [7, 11) is 0. The largest absolute Gasteiger partial charge is 0.478 e. The van der Waals surface area contributed by atoms with Gasteiger partial charge in [0, 0.05) is 54.7 Å². The molecule has 0 saturated heterocycles. The summed E-state index contributed by atoms with van der Waals surface area (Å²) in [5.74, 6) is -10.3. The molecule has 0 amide bonds. The summed E-state index contributed by atoms with van der Waals surface area (Å²) in [5, 5.41) is 173. The van der Waals surface area contributed by atoms with Crippen molar-refractivity contribution in [2.24, 2.45) is 16.2 Å². The lowest BCUT2D eigenvalue weighted by Crippen LogP contribution is -2.43. The minimum absolute atomic E-state index is 0.141. The third kappa shape index (κ3) is 114. The molecule has 0 aromatic rings. The Hall–Kier alpha value is -7.63. The van der Waals surface area contributed by atoms with Crippen LogP contribution in [0.4, 0.5) is 0 Å². The number of carboxylic acids is 9. The van der Waals surface area contributed by atoms with Gasteiger partial charge in [-0.1, -0.05) is 66.1 Å². The van der Waals surface area contributed by atoms with Crippen LogP contribution < -0.4 is 0 Å². The Labute approximate surface area is 443 Å². The summed E-state index contributed by atoms with van der Waals surface area (Å²) in [6, 6.07) is 0. The summed E-state index contributed by atoms with van der Waals surface area (Å²) in [4.78, 5) is 83.2. The minimum atomic E-state index is -1.46. The fourth-order valence-corrected chi connectivity index (χ4v) is 1.36. The maximum atomic E-state index is 9.25. The number of carbonyl (C=O) groups is 9. The predicted molar refractivity (Wildman–Crippen MR) is 273 cm³/mol. The number of hydrogen-bond acceptors (Lipinski definition) is 22. The summed E-state index contributed by atoms with van der Waals surface area (Å²) in [6.45, 7) is 25.1. The Bertz CT molecular complexity index is 1320. The third-order valence-corrected chi connectivity index (χ3v) is 6.41. The molecule has 0 atom stereocenters. The van der Waals surface area contributed by atoms with E-state index in [1.165, 1.54) is 6.92 Å². The fourth-order valence-electron chi connectivity index (χ4n) is 1.36. The van der Waals surface area contributed by atoms with Crippen LogP contribution in [0.2, 0.25) is 0 Å². The van der Waals surface area contributed by atoms with Crippen LogP contribution in [-0.2, 0) is 47.9 Å². The topological polar surface area (TPSA) is 588 Å². The molecule has 21 N–H and O–H groups in total. The number of aliphatic hydroxyl groups is 12. The molecule has 0 unspecified atom stereocenters. The summed E-state index contributed by atoms with van der Waals surface area (Å²) >= 11 is 0. The molecular weight excluding hydrogens is 1050 g/mol. The Morgan fingerprint density at radius 3 is 0.442 bits per heavy atom. The quantitative estimate of drug-likeness (QED) is 0.0345. The molecule has 0 aliphatic heterocycles. The van der Waals surface area contributed by atoms with Crippen LogP contribution in [0.5, 0.6) is 0 Å². The minimum Gasteiger partial charge on any atom is -0.478 e. The van der Waals surface area contributed by atoms with Gasteiger partial charge in [0.25, 0.3) is 0 Å². The molecule has 0 bridgehead atoms. The van der Waals surface area contributed by atoms with Crippen LogP contribution in [0.3, 0.4) is 0 Å². The highest BCUT2D eigenvalue weighted by molar-refractivity contribution is 5.81. The van der Waals surface area contributed by atoms with E-state index in [1.54, 1.807) is 6.92 Å². The van der Waals surface area contributed by atoms with Crippen molar-refractivity contribution < 1.29 is 155 Å². The van der Waals surface area contributed by atoms with E-state index in [1.807, 2.05) is 0 Å². The molecule has 450 valence electrons. The first kappa shape index (κ1) is 98.5. The second-order valence-corrected chi connectivity index (χ2v) is 13.0. The smallest absolute Gasteiger partial charge is 0.327 e. The number of ether oxygens (including phenoxy) is 1. The molecule has 31 nitrogen and oxygen atoms in total. The molecule has 0 heterocycles. The standard InChI is InChI=1S/C10H22O7.C5H12O4.C4H10O2.9C3H4O2/c11-1-9(2-12,3-13)7-17-8-10(4-14,5-15)6-16;6-1-5(2-7,3-8)4-9;1-3-4(2,5)6;9*1-2-3(4)5/h11-16H,1-8H2;6-9H,1-4H2;5-6H,3H2,1-2H3;9*2H,1H2,(H,4,5). The van der Waals surface area contributed by atoms with E-state index in [9.17, 15) is 43.2 Å². The highest BCUT2D eigenvalue weighted by Crippen LogP contribution is 2.19. The number of aliphatic hydroxyl groups excluding tert-OH is 10. The molecular formula is C46H80O31. The normalized spacial score (nSPS) is 8.96. The lowest BCUT2D eigenvalue weighted by Gasteiger charge is -2.31. The molecule has 0 aromatic carbocycles. The van der Waals surface area contributed by atoms with Crippen molar-refractivity contribution in [2.45, 2.75) is 26.1 Å². The lowest BCUT2D eigenvalue weighted by atomic mass is 9.91. The molecule has 0 aromatic heterocycles. The van der Waals surface area contributed by atoms with Crippen LogP contribution >= 0.6 is 0 Å². The van der Waals surface area contributed by atoms with Crippen molar-refractivity contribution in [3.63, 3.8) is 0 Å². The number of rotatable bonds is 24. The van der Waals surface area contributed by atoms with Gasteiger partial charge in [-0.2, -0.15) is 0 Å².